The highest BCUT2D eigenvalue weighted by Gasteiger charge is 2.18. The summed E-state index contributed by atoms with van der Waals surface area (Å²) in [7, 11) is 0. The molecule has 2 aromatic rings. The van der Waals surface area contributed by atoms with Crippen LogP contribution in [0.3, 0.4) is 0 Å². The quantitative estimate of drug-likeness (QED) is 0.782. The minimum atomic E-state index is -0.0382. The predicted octanol–water partition coefficient (Wildman–Crippen LogP) is 1.95. The number of amides is 1. The summed E-state index contributed by atoms with van der Waals surface area (Å²) in [5, 5.41) is 16.1. The maximum Gasteiger partial charge on any atom is 0.220 e. The van der Waals surface area contributed by atoms with Crippen molar-refractivity contribution in [2.75, 3.05) is 19.7 Å². The minimum absolute atomic E-state index is 0.0270. The Hall–Kier alpha value is -2.18. The SMILES string of the molecule is Cc1ccc(CN2CCCn3nc(CCC(=O)NCCO)cc3C2)c(C)c1. The lowest BCUT2D eigenvalue weighted by Crippen LogP contribution is -2.26. The molecular formula is C21H30N4O2. The van der Waals surface area contributed by atoms with Crippen LogP contribution >= 0.6 is 0 Å². The van der Waals surface area contributed by atoms with Gasteiger partial charge in [0.1, 0.15) is 0 Å². The van der Waals surface area contributed by atoms with Gasteiger partial charge in [-0.3, -0.25) is 14.4 Å². The standard InChI is InChI=1S/C21H30N4O2/c1-16-4-5-18(17(2)12-16)14-24-9-3-10-25-20(15-24)13-19(23-25)6-7-21(27)22-8-11-26/h4-5,12-13,26H,3,6-11,14-15H2,1-2H3,(H,22,27). The fourth-order valence-electron chi connectivity index (χ4n) is 3.63. The minimum Gasteiger partial charge on any atom is -0.395 e. The Morgan fingerprint density at radius 2 is 2.11 bits per heavy atom. The lowest BCUT2D eigenvalue weighted by Gasteiger charge is -2.21. The summed E-state index contributed by atoms with van der Waals surface area (Å²) in [5.74, 6) is -0.0382. The smallest absolute Gasteiger partial charge is 0.220 e. The molecule has 0 bridgehead atoms. The molecule has 146 valence electrons. The van der Waals surface area contributed by atoms with Crippen LogP contribution in [0, 0.1) is 13.8 Å². The summed E-state index contributed by atoms with van der Waals surface area (Å²) in [4.78, 5) is 14.2. The van der Waals surface area contributed by atoms with Crippen LogP contribution in [-0.4, -0.2) is 45.4 Å². The van der Waals surface area contributed by atoms with Crippen LogP contribution < -0.4 is 5.32 Å². The molecule has 1 aromatic heterocycles. The Labute approximate surface area is 161 Å². The van der Waals surface area contributed by atoms with Crippen molar-refractivity contribution in [1.82, 2.24) is 20.0 Å². The van der Waals surface area contributed by atoms with Crippen molar-refractivity contribution >= 4 is 5.91 Å². The zero-order valence-electron chi connectivity index (χ0n) is 16.4. The molecule has 6 heteroatoms. The number of aliphatic hydroxyl groups is 1. The summed E-state index contributed by atoms with van der Waals surface area (Å²) in [6, 6.07) is 8.81. The number of carbonyl (C=O) groups excluding carboxylic acids is 1. The number of nitrogens with one attached hydrogen (secondary N) is 1. The molecule has 1 amide bonds. The van der Waals surface area contributed by atoms with Gasteiger partial charge in [0.2, 0.25) is 5.91 Å². The van der Waals surface area contributed by atoms with Gasteiger partial charge in [0, 0.05) is 45.6 Å². The van der Waals surface area contributed by atoms with Crippen LogP contribution in [-0.2, 0) is 30.8 Å². The zero-order chi connectivity index (χ0) is 19.2. The second-order valence-corrected chi connectivity index (χ2v) is 7.42. The Morgan fingerprint density at radius 1 is 1.26 bits per heavy atom. The van der Waals surface area contributed by atoms with E-state index in [2.05, 4.69) is 53.0 Å². The molecule has 0 fully saturated rings. The van der Waals surface area contributed by atoms with Gasteiger partial charge in [-0.25, -0.2) is 0 Å². The first-order chi connectivity index (χ1) is 13.0. The van der Waals surface area contributed by atoms with Crippen LogP contribution in [0.2, 0.25) is 0 Å². The molecule has 2 heterocycles. The van der Waals surface area contributed by atoms with Gasteiger partial charge < -0.3 is 10.4 Å². The van der Waals surface area contributed by atoms with Crippen molar-refractivity contribution < 1.29 is 9.90 Å². The average molecular weight is 370 g/mol. The van der Waals surface area contributed by atoms with Gasteiger partial charge in [-0.15, -0.1) is 0 Å². The Bertz CT molecular complexity index is 784. The summed E-state index contributed by atoms with van der Waals surface area (Å²) >= 11 is 0. The molecule has 27 heavy (non-hydrogen) atoms. The highest BCUT2D eigenvalue weighted by atomic mass is 16.3. The topological polar surface area (TPSA) is 70.4 Å². The number of carbonyl (C=O) groups is 1. The van der Waals surface area contributed by atoms with Crippen LogP contribution in [0.5, 0.6) is 0 Å². The van der Waals surface area contributed by atoms with Gasteiger partial charge in [-0.1, -0.05) is 23.8 Å². The largest absolute Gasteiger partial charge is 0.395 e. The molecule has 1 aliphatic rings. The first kappa shape index (κ1) is 19.6. The summed E-state index contributed by atoms with van der Waals surface area (Å²) < 4.78 is 2.10. The van der Waals surface area contributed by atoms with E-state index in [4.69, 9.17) is 10.2 Å². The molecule has 3 rings (SSSR count). The van der Waals surface area contributed by atoms with Gasteiger partial charge in [0.25, 0.3) is 0 Å². The molecule has 0 saturated heterocycles. The molecule has 0 radical (unpaired) electrons. The fourth-order valence-corrected chi connectivity index (χ4v) is 3.63. The van der Waals surface area contributed by atoms with Crippen LogP contribution in [0.15, 0.2) is 24.3 Å². The number of aromatic nitrogens is 2. The molecule has 0 spiro atoms. The van der Waals surface area contributed by atoms with Crippen molar-refractivity contribution in [1.29, 1.82) is 0 Å². The monoisotopic (exact) mass is 370 g/mol. The summed E-state index contributed by atoms with van der Waals surface area (Å²) in [6.07, 6.45) is 2.12. The van der Waals surface area contributed by atoms with E-state index in [0.29, 0.717) is 19.4 Å². The van der Waals surface area contributed by atoms with Crippen LogP contribution in [0.4, 0.5) is 0 Å². The Morgan fingerprint density at radius 3 is 2.89 bits per heavy atom. The molecule has 0 atom stereocenters. The van der Waals surface area contributed by atoms with E-state index in [1.807, 2.05) is 0 Å². The number of rotatable bonds is 7. The van der Waals surface area contributed by atoms with Gasteiger partial charge >= 0.3 is 0 Å². The zero-order valence-corrected chi connectivity index (χ0v) is 16.4. The highest BCUT2D eigenvalue weighted by Crippen LogP contribution is 2.19. The van der Waals surface area contributed by atoms with E-state index >= 15 is 0 Å². The number of aryl methyl sites for hydroxylation is 4. The van der Waals surface area contributed by atoms with Crippen molar-refractivity contribution in [2.45, 2.75) is 52.7 Å². The lowest BCUT2D eigenvalue weighted by atomic mass is 10.1. The van der Waals surface area contributed by atoms with Crippen molar-refractivity contribution in [3.8, 4) is 0 Å². The van der Waals surface area contributed by atoms with E-state index in [0.717, 1.165) is 38.3 Å². The number of fused-ring (bicyclic) bond motifs is 1. The highest BCUT2D eigenvalue weighted by molar-refractivity contribution is 5.76. The van der Waals surface area contributed by atoms with Gasteiger partial charge in [0.15, 0.2) is 0 Å². The first-order valence-corrected chi connectivity index (χ1v) is 9.77. The van der Waals surface area contributed by atoms with Gasteiger partial charge in [-0.2, -0.15) is 5.10 Å². The summed E-state index contributed by atoms with van der Waals surface area (Å²) in [6.45, 7) is 8.43. The average Bonchev–Trinajstić information content (AvgIpc) is 2.92. The lowest BCUT2D eigenvalue weighted by molar-refractivity contribution is -0.121. The predicted molar refractivity (Wildman–Crippen MR) is 105 cm³/mol. The second kappa shape index (κ2) is 9.15. The maximum atomic E-state index is 11.7. The summed E-state index contributed by atoms with van der Waals surface area (Å²) in [5.41, 5.74) is 6.23. The number of hydrogen-bond donors (Lipinski definition) is 2. The number of aliphatic hydroxyl groups excluding tert-OH is 1. The molecule has 0 unspecified atom stereocenters. The van der Waals surface area contributed by atoms with Gasteiger partial charge in [-0.05, 0) is 37.5 Å². The molecule has 0 aliphatic carbocycles. The van der Waals surface area contributed by atoms with Crippen molar-refractivity contribution in [3.63, 3.8) is 0 Å². The molecule has 2 N–H and O–H groups in total. The first-order valence-electron chi connectivity index (χ1n) is 9.77. The molecule has 0 saturated carbocycles. The molecule has 1 aliphatic heterocycles. The Kier molecular flexibility index (Phi) is 6.63. The Balaban J connectivity index is 1.61. The van der Waals surface area contributed by atoms with E-state index in [1.165, 1.54) is 22.4 Å². The number of benzene rings is 1. The van der Waals surface area contributed by atoms with E-state index in [-0.39, 0.29) is 12.5 Å². The van der Waals surface area contributed by atoms with Crippen LogP contribution in [0.25, 0.3) is 0 Å². The maximum absolute atomic E-state index is 11.7. The number of hydrogen-bond acceptors (Lipinski definition) is 4. The third-order valence-electron chi connectivity index (χ3n) is 5.08. The fraction of sp³-hybridized carbons (Fsp3) is 0.524. The number of nitrogens with zero attached hydrogens (tertiary/aromatic N) is 3. The third-order valence-corrected chi connectivity index (χ3v) is 5.08. The van der Waals surface area contributed by atoms with E-state index in [9.17, 15) is 4.79 Å². The van der Waals surface area contributed by atoms with Crippen LogP contribution in [0.1, 0.15) is 40.9 Å². The van der Waals surface area contributed by atoms with Gasteiger partial charge in [0.05, 0.1) is 18.0 Å². The van der Waals surface area contributed by atoms with E-state index in [1.54, 1.807) is 0 Å². The normalized spacial score (nSPS) is 14.6. The van der Waals surface area contributed by atoms with E-state index < -0.39 is 0 Å². The molecule has 6 nitrogen and oxygen atoms in total. The molecule has 1 aromatic carbocycles. The van der Waals surface area contributed by atoms with Crippen molar-refractivity contribution in [2.24, 2.45) is 0 Å². The molecular weight excluding hydrogens is 340 g/mol. The van der Waals surface area contributed by atoms with Crippen molar-refractivity contribution in [3.05, 3.63) is 52.3 Å². The third kappa shape index (κ3) is 5.40. The second-order valence-electron chi connectivity index (χ2n) is 7.42.